The summed E-state index contributed by atoms with van der Waals surface area (Å²) in [4.78, 5) is 25.7. The summed E-state index contributed by atoms with van der Waals surface area (Å²) < 4.78 is 11.1. The van der Waals surface area contributed by atoms with E-state index in [0.29, 0.717) is 18.7 Å². The number of carbonyl (C=O) groups excluding carboxylic acids is 2. The smallest absolute Gasteiger partial charge is 0.314 e. The first-order chi connectivity index (χ1) is 12.5. The number of aryl methyl sites for hydroxylation is 2. The molecular weight excluding hydrogens is 330 g/mol. The monoisotopic (exact) mass is 353 g/mol. The zero-order chi connectivity index (χ0) is 18.5. The average Bonchev–Trinajstić information content (AvgIpc) is 3.04. The third-order valence-corrected chi connectivity index (χ3v) is 4.40. The van der Waals surface area contributed by atoms with Crippen molar-refractivity contribution in [1.82, 2.24) is 0 Å². The number of rotatable bonds is 6. The van der Waals surface area contributed by atoms with E-state index >= 15 is 0 Å². The third-order valence-electron chi connectivity index (χ3n) is 4.40. The van der Waals surface area contributed by atoms with Crippen molar-refractivity contribution >= 4 is 17.6 Å². The molecule has 0 N–H and O–H groups in total. The van der Waals surface area contributed by atoms with Gasteiger partial charge in [0.05, 0.1) is 13.0 Å². The number of nitrogens with zero attached hydrogens (tertiary/aromatic N) is 1. The molecule has 5 nitrogen and oxygen atoms in total. The standard InChI is InChI=1S/C21H23NO4/c1-15-6-3-7-16(2)21(15)25-13-11-20(24)26-18-9-4-8-17(14-18)22-12-5-10-19(22)23/h3-4,6-9,14H,5,10-13H2,1-2H3. The quantitative estimate of drug-likeness (QED) is 0.585. The van der Waals surface area contributed by atoms with Crippen molar-refractivity contribution in [2.75, 3.05) is 18.1 Å². The summed E-state index contributed by atoms with van der Waals surface area (Å²) in [5, 5.41) is 0. The molecule has 5 heteroatoms. The van der Waals surface area contributed by atoms with Gasteiger partial charge in [-0.25, -0.2) is 0 Å². The molecule has 0 aromatic heterocycles. The van der Waals surface area contributed by atoms with Gasteiger partial charge in [-0.3, -0.25) is 9.59 Å². The molecule has 1 aliphatic heterocycles. The number of anilines is 1. The van der Waals surface area contributed by atoms with E-state index in [0.717, 1.165) is 29.0 Å². The van der Waals surface area contributed by atoms with Crippen LogP contribution in [0.5, 0.6) is 11.5 Å². The fourth-order valence-corrected chi connectivity index (χ4v) is 3.08. The van der Waals surface area contributed by atoms with Crippen molar-refractivity contribution in [3.05, 3.63) is 53.6 Å². The summed E-state index contributed by atoms with van der Waals surface area (Å²) in [6.07, 6.45) is 1.58. The number of benzene rings is 2. The lowest BCUT2D eigenvalue weighted by Gasteiger charge is -2.16. The summed E-state index contributed by atoms with van der Waals surface area (Å²) >= 11 is 0. The van der Waals surface area contributed by atoms with Gasteiger partial charge >= 0.3 is 5.97 Å². The Balaban J connectivity index is 1.54. The first kappa shape index (κ1) is 18.0. The lowest BCUT2D eigenvalue weighted by atomic mass is 10.1. The second-order valence-electron chi connectivity index (χ2n) is 6.44. The van der Waals surface area contributed by atoms with Crippen LogP contribution < -0.4 is 14.4 Å². The van der Waals surface area contributed by atoms with E-state index in [4.69, 9.17) is 9.47 Å². The number of hydrogen-bond acceptors (Lipinski definition) is 4. The molecule has 2 aromatic carbocycles. The summed E-state index contributed by atoms with van der Waals surface area (Å²) in [5.74, 6) is 1.01. The molecular formula is C21H23NO4. The molecule has 2 aromatic rings. The van der Waals surface area contributed by atoms with E-state index in [1.165, 1.54) is 0 Å². The van der Waals surface area contributed by atoms with E-state index in [-0.39, 0.29) is 24.9 Å². The minimum Gasteiger partial charge on any atom is -0.492 e. The summed E-state index contributed by atoms with van der Waals surface area (Å²) in [5.41, 5.74) is 2.85. The minimum atomic E-state index is -0.360. The molecule has 0 saturated carbocycles. The Morgan fingerprint density at radius 3 is 2.54 bits per heavy atom. The second-order valence-corrected chi connectivity index (χ2v) is 6.44. The van der Waals surface area contributed by atoms with Crippen LogP contribution in [-0.4, -0.2) is 25.0 Å². The van der Waals surface area contributed by atoms with Gasteiger partial charge in [-0.15, -0.1) is 0 Å². The molecule has 0 spiro atoms. The van der Waals surface area contributed by atoms with Crippen LogP contribution in [0.3, 0.4) is 0 Å². The highest BCUT2D eigenvalue weighted by molar-refractivity contribution is 5.95. The number of ether oxygens (including phenoxy) is 2. The Morgan fingerprint density at radius 2 is 1.85 bits per heavy atom. The summed E-state index contributed by atoms with van der Waals surface area (Å²) in [6, 6.07) is 13.0. The first-order valence-corrected chi connectivity index (χ1v) is 8.85. The van der Waals surface area contributed by atoms with E-state index in [9.17, 15) is 9.59 Å². The summed E-state index contributed by atoms with van der Waals surface area (Å²) in [7, 11) is 0. The van der Waals surface area contributed by atoms with Crippen molar-refractivity contribution in [2.45, 2.75) is 33.1 Å². The van der Waals surface area contributed by atoms with Crippen LogP contribution >= 0.6 is 0 Å². The SMILES string of the molecule is Cc1cccc(C)c1OCCC(=O)Oc1cccc(N2CCCC2=O)c1. The number of para-hydroxylation sites is 1. The van der Waals surface area contributed by atoms with Crippen LogP contribution in [-0.2, 0) is 9.59 Å². The van der Waals surface area contributed by atoms with Gasteiger partial charge in [0.2, 0.25) is 5.91 Å². The maximum absolute atomic E-state index is 12.1. The van der Waals surface area contributed by atoms with Crippen LogP contribution in [0.1, 0.15) is 30.4 Å². The van der Waals surface area contributed by atoms with Crippen molar-refractivity contribution in [3.8, 4) is 11.5 Å². The highest BCUT2D eigenvalue weighted by Gasteiger charge is 2.22. The van der Waals surface area contributed by atoms with Crippen LogP contribution in [0.15, 0.2) is 42.5 Å². The average molecular weight is 353 g/mol. The maximum Gasteiger partial charge on any atom is 0.314 e. The van der Waals surface area contributed by atoms with E-state index in [1.54, 1.807) is 23.1 Å². The normalized spacial score (nSPS) is 13.8. The van der Waals surface area contributed by atoms with Crippen LogP contribution in [0.2, 0.25) is 0 Å². The molecule has 0 radical (unpaired) electrons. The number of carbonyl (C=O) groups is 2. The van der Waals surface area contributed by atoms with Gasteiger partial charge in [0.1, 0.15) is 11.5 Å². The Bertz CT molecular complexity index is 795. The van der Waals surface area contributed by atoms with Gasteiger partial charge in [0.25, 0.3) is 0 Å². The highest BCUT2D eigenvalue weighted by atomic mass is 16.5. The first-order valence-electron chi connectivity index (χ1n) is 8.85. The zero-order valence-corrected chi connectivity index (χ0v) is 15.2. The fraction of sp³-hybridized carbons (Fsp3) is 0.333. The number of hydrogen-bond donors (Lipinski definition) is 0. The van der Waals surface area contributed by atoms with E-state index in [2.05, 4.69) is 0 Å². The molecule has 0 aliphatic carbocycles. The van der Waals surface area contributed by atoms with Gasteiger partial charge < -0.3 is 14.4 Å². The fourth-order valence-electron chi connectivity index (χ4n) is 3.08. The molecule has 0 atom stereocenters. The molecule has 0 unspecified atom stereocenters. The Labute approximate surface area is 153 Å². The predicted octanol–water partition coefficient (Wildman–Crippen LogP) is 3.80. The number of amides is 1. The molecule has 1 heterocycles. The van der Waals surface area contributed by atoms with Crippen molar-refractivity contribution in [2.24, 2.45) is 0 Å². The molecule has 1 amide bonds. The van der Waals surface area contributed by atoms with Crippen LogP contribution in [0, 0.1) is 13.8 Å². The maximum atomic E-state index is 12.1. The summed E-state index contributed by atoms with van der Waals surface area (Å²) in [6.45, 7) is 4.92. The Morgan fingerprint density at radius 1 is 1.12 bits per heavy atom. The van der Waals surface area contributed by atoms with Gasteiger partial charge in [-0.2, -0.15) is 0 Å². The molecule has 1 saturated heterocycles. The second kappa shape index (κ2) is 8.04. The lowest BCUT2D eigenvalue weighted by Crippen LogP contribution is -2.23. The van der Waals surface area contributed by atoms with Crippen molar-refractivity contribution in [1.29, 1.82) is 0 Å². The molecule has 1 fully saturated rings. The van der Waals surface area contributed by atoms with Gasteiger partial charge in [-0.05, 0) is 43.5 Å². The zero-order valence-electron chi connectivity index (χ0n) is 15.2. The highest BCUT2D eigenvalue weighted by Crippen LogP contribution is 2.26. The minimum absolute atomic E-state index is 0.107. The van der Waals surface area contributed by atoms with E-state index < -0.39 is 0 Å². The van der Waals surface area contributed by atoms with E-state index in [1.807, 2.05) is 38.1 Å². The van der Waals surface area contributed by atoms with Crippen LogP contribution in [0.25, 0.3) is 0 Å². The lowest BCUT2D eigenvalue weighted by molar-refractivity contribution is -0.134. The van der Waals surface area contributed by atoms with Crippen molar-refractivity contribution < 1.29 is 19.1 Å². The molecule has 26 heavy (non-hydrogen) atoms. The third kappa shape index (κ3) is 4.23. The molecule has 3 rings (SSSR count). The largest absolute Gasteiger partial charge is 0.492 e. The molecule has 1 aliphatic rings. The van der Waals surface area contributed by atoms with Gasteiger partial charge in [0, 0.05) is 24.7 Å². The Kier molecular flexibility index (Phi) is 5.56. The Hall–Kier alpha value is -2.82. The van der Waals surface area contributed by atoms with Crippen LogP contribution in [0.4, 0.5) is 5.69 Å². The molecule has 136 valence electrons. The van der Waals surface area contributed by atoms with Crippen molar-refractivity contribution in [3.63, 3.8) is 0 Å². The molecule has 0 bridgehead atoms. The van der Waals surface area contributed by atoms with Gasteiger partial charge in [-0.1, -0.05) is 24.3 Å². The van der Waals surface area contributed by atoms with Gasteiger partial charge in [0.15, 0.2) is 0 Å². The predicted molar refractivity (Wildman–Crippen MR) is 99.7 cm³/mol. The number of esters is 1. The topological polar surface area (TPSA) is 55.8 Å².